The van der Waals surface area contributed by atoms with Crippen molar-refractivity contribution in [3.63, 3.8) is 0 Å². The van der Waals surface area contributed by atoms with Gasteiger partial charge in [-0.15, -0.1) is 0 Å². The third-order valence-electron chi connectivity index (χ3n) is 4.95. The number of carbonyl (C=O) groups excluding carboxylic acids is 1. The van der Waals surface area contributed by atoms with Crippen molar-refractivity contribution in [3.8, 4) is 0 Å². The van der Waals surface area contributed by atoms with Gasteiger partial charge in [-0.05, 0) is 61.7 Å². The molecule has 29 heavy (non-hydrogen) atoms. The number of sulfonamides is 1. The van der Waals surface area contributed by atoms with Gasteiger partial charge in [0.05, 0.1) is 23.8 Å². The summed E-state index contributed by atoms with van der Waals surface area (Å²) in [4.78, 5) is 12.6. The summed E-state index contributed by atoms with van der Waals surface area (Å²) in [5, 5.41) is 4.16. The molecule has 2 aromatic rings. The second kappa shape index (κ2) is 8.86. The summed E-state index contributed by atoms with van der Waals surface area (Å²) >= 11 is 0. The van der Waals surface area contributed by atoms with Crippen molar-refractivity contribution in [3.05, 3.63) is 64.7 Å². The molecule has 154 valence electrons. The molecule has 1 amide bonds. The summed E-state index contributed by atoms with van der Waals surface area (Å²) in [6.45, 7) is 7.20. The van der Waals surface area contributed by atoms with E-state index in [-0.39, 0.29) is 10.5 Å². The highest BCUT2D eigenvalue weighted by molar-refractivity contribution is 7.89. The molecule has 1 aliphatic heterocycles. The normalized spacial score (nSPS) is 15.9. The zero-order valence-electron chi connectivity index (χ0n) is 16.8. The Morgan fingerprint density at radius 3 is 2.45 bits per heavy atom. The van der Waals surface area contributed by atoms with E-state index in [0.29, 0.717) is 32.0 Å². The lowest BCUT2D eigenvalue weighted by Gasteiger charge is -2.26. The van der Waals surface area contributed by atoms with Crippen molar-refractivity contribution in [2.24, 2.45) is 5.10 Å². The summed E-state index contributed by atoms with van der Waals surface area (Å²) in [5.74, 6) is -0.466. The van der Waals surface area contributed by atoms with Crippen LogP contribution in [0.3, 0.4) is 0 Å². The van der Waals surface area contributed by atoms with E-state index in [1.807, 2.05) is 39.0 Å². The number of aryl methyl sites for hydroxylation is 2. The van der Waals surface area contributed by atoms with E-state index in [1.165, 1.54) is 22.0 Å². The number of benzene rings is 2. The van der Waals surface area contributed by atoms with E-state index in [1.54, 1.807) is 12.1 Å². The fourth-order valence-electron chi connectivity index (χ4n) is 2.96. The molecule has 0 saturated carbocycles. The first-order valence-corrected chi connectivity index (χ1v) is 10.8. The minimum Gasteiger partial charge on any atom is -0.379 e. The summed E-state index contributed by atoms with van der Waals surface area (Å²) in [6, 6.07) is 12.0. The highest BCUT2D eigenvalue weighted by Crippen LogP contribution is 2.18. The van der Waals surface area contributed by atoms with Crippen LogP contribution in [0, 0.1) is 13.8 Å². The number of nitrogens with zero attached hydrogens (tertiary/aromatic N) is 2. The molecule has 8 heteroatoms. The number of hydrogen-bond acceptors (Lipinski definition) is 5. The molecule has 0 atom stereocenters. The number of ether oxygens (including phenoxy) is 1. The van der Waals surface area contributed by atoms with Crippen LogP contribution in [0.1, 0.15) is 34.0 Å². The second-order valence-corrected chi connectivity index (χ2v) is 8.92. The molecule has 0 aromatic heterocycles. The van der Waals surface area contributed by atoms with E-state index in [2.05, 4.69) is 10.5 Å². The van der Waals surface area contributed by atoms with E-state index in [4.69, 9.17) is 4.74 Å². The van der Waals surface area contributed by atoms with Crippen LogP contribution in [0.5, 0.6) is 0 Å². The lowest BCUT2D eigenvalue weighted by atomic mass is 10.0. The van der Waals surface area contributed by atoms with Crippen LogP contribution in [0.4, 0.5) is 0 Å². The molecular weight excluding hydrogens is 390 g/mol. The average Bonchev–Trinajstić information content (AvgIpc) is 2.74. The van der Waals surface area contributed by atoms with Crippen LogP contribution < -0.4 is 5.43 Å². The fraction of sp³-hybridized carbons (Fsp3) is 0.333. The van der Waals surface area contributed by atoms with E-state index >= 15 is 0 Å². The number of hydrogen-bond donors (Lipinski definition) is 1. The quantitative estimate of drug-likeness (QED) is 0.600. The first kappa shape index (κ1) is 21.2. The van der Waals surface area contributed by atoms with Gasteiger partial charge in [0, 0.05) is 18.7 Å². The average molecular weight is 416 g/mol. The third kappa shape index (κ3) is 4.90. The van der Waals surface area contributed by atoms with E-state index in [0.717, 1.165) is 11.1 Å². The van der Waals surface area contributed by atoms with Gasteiger partial charge >= 0.3 is 0 Å². The Hall–Kier alpha value is -2.55. The largest absolute Gasteiger partial charge is 0.379 e. The predicted molar refractivity (Wildman–Crippen MR) is 112 cm³/mol. The van der Waals surface area contributed by atoms with Crippen LogP contribution in [-0.2, 0) is 14.8 Å². The van der Waals surface area contributed by atoms with Gasteiger partial charge in [-0.3, -0.25) is 4.79 Å². The smallest absolute Gasteiger partial charge is 0.271 e. The Balaban J connectivity index is 1.76. The first-order chi connectivity index (χ1) is 13.8. The van der Waals surface area contributed by atoms with E-state index < -0.39 is 15.9 Å². The molecule has 2 aromatic carbocycles. The summed E-state index contributed by atoms with van der Waals surface area (Å²) in [7, 11) is -3.66. The number of morpholine rings is 1. The van der Waals surface area contributed by atoms with Gasteiger partial charge in [0.15, 0.2) is 0 Å². The molecule has 1 fully saturated rings. The number of hydrazone groups is 1. The highest BCUT2D eigenvalue weighted by atomic mass is 32.2. The maximum absolute atomic E-state index is 12.8. The summed E-state index contributed by atoms with van der Waals surface area (Å²) in [6.07, 6.45) is 0. The standard InChI is InChI=1S/C21H25N3O4S/c1-15-7-8-18(13-16(15)2)17(3)22-23-21(25)19-5-4-6-20(14-19)29(26,27)24-9-11-28-12-10-24/h4-8,13-14H,9-12H2,1-3H3,(H,23,25)/b22-17-. The minimum absolute atomic E-state index is 0.0851. The van der Waals surface area contributed by atoms with Gasteiger partial charge in [-0.25, -0.2) is 13.8 Å². The van der Waals surface area contributed by atoms with Gasteiger partial charge in [-0.2, -0.15) is 9.41 Å². The van der Waals surface area contributed by atoms with Crippen LogP contribution >= 0.6 is 0 Å². The zero-order valence-corrected chi connectivity index (χ0v) is 17.6. The number of amides is 1. The molecule has 1 saturated heterocycles. The van der Waals surface area contributed by atoms with Gasteiger partial charge in [0.1, 0.15) is 0 Å². The fourth-order valence-corrected chi connectivity index (χ4v) is 4.42. The van der Waals surface area contributed by atoms with Crippen molar-refractivity contribution < 1.29 is 17.9 Å². The maximum atomic E-state index is 12.8. The minimum atomic E-state index is -3.66. The van der Waals surface area contributed by atoms with Crippen LogP contribution in [0.2, 0.25) is 0 Å². The highest BCUT2D eigenvalue weighted by Gasteiger charge is 2.26. The van der Waals surface area contributed by atoms with Crippen LogP contribution in [0.15, 0.2) is 52.5 Å². The van der Waals surface area contributed by atoms with Gasteiger partial charge in [-0.1, -0.05) is 18.2 Å². The monoisotopic (exact) mass is 415 g/mol. The summed E-state index contributed by atoms with van der Waals surface area (Å²) in [5.41, 5.74) is 6.65. The van der Waals surface area contributed by atoms with Crippen molar-refractivity contribution in [2.45, 2.75) is 25.7 Å². The van der Waals surface area contributed by atoms with Gasteiger partial charge in [0.2, 0.25) is 10.0 Å². The van der Waals surface area contributed by atoms with Crippen molar-refractivity contribution >= 4 is 21.6 Å². The van der Waals surface area contributed by atoms with Crippen molar-refractivity contribution in [1.82, 2.24) is 9.73 Å². The Morgan fingerprint density at radius 1 is 1.03 bits per heavy atom. The van der Waals surface area contributed by atoms with Crippen LogP contribution in [-0.4, -0.2) is 50.6 Å². The molecule has 0 unspecified atom stereocenters. The Labute approximate surface area is 171 Å². The molecule has 1 heterocycles. The second-order valence-electron chi connectivity index (χ2n) is 6.98. The molecular formula is C21H25N3O4S. The Morgan fingerprint density at radius 2 is 1.76 bits per heavy atom. The van der Waals surface area contributed by atoms with Crippen molar-refractivity contribution in [1.29, 1.82) is 0 Å². The maximum Gasteiger partial charge on any atom is 0.271 e. The number of rotatable bonds is 5. The van der Waals surface area contributed by atoms with E-state index in [9.17, 15) is 13.2 Å². The molecule has 0 spiro atoms. The molecule has 0 aliphatic carbocycles. The number of carbonyl (C=O) groups is 1. The Bertz CT molecular complexity index is 1040. The molecule has 0 radical (unpaired) electrons. The molecule has 0 bridgehead atoms. The first-order valence-electron chi connectivity index (χ1n) is 9.39. The lowest BCUT2D eigenvalue weighted by Crippen LogP contribution is -2.40. The molecule has 1 aliphatic rings. The third-order valence-corrected chi connectivity index (χ3v) is 6.85. The van der Waals surface area contributed by atoms with Crippen molar-refractivity contribution in [2.75, 3.05) is 26.3 Å². The molecule has 7 nitrogen and oxygen atoms in total. The van der Waals surface area contributed by atoms with Crippen LogP contribution in [0.25, 0.3) is 0 Å². The SMILES string of the molecule is C/C(=N/NC(=O)c1cccc(S(=O)(=O)N2CCOCC2)c1)c1ccc(C)c(C)c1. The zero-order chi connectivity index (χ0) is 21.0. The summed E-state index contributed by atoms with van der Waals surface area (Å²) < 4.78 is 32.2. The van der Waals surface area contributed by atoms with Gasteiger partial charge < -0.3 is 4.74 Å². The molecule has 3 rings (SSSR count). The lowest BCUT2D eigenvalue weighted by molar-refractivity contribution is 0.0730. The Kier molecular flexibility index (Phi) is 6.46. The van der Waals surface area contributed by atoms with Gasteiger partial charge in [0.25, 0.3) is 5.91 Å². The molecule has 1 N–H and O–H groups in total. The topological polar surface area (TPSA) is 88.1 Å². The predicted octanol–water partition coefficient (Wildman–Crippen LogP) is 2.48. The number of nitrogens with one attached hydrogen (secondary N) is 1.